The monoisotopic (exact) mass is 403 g/mol. The Kier molecular flexibility index (Phi) is 5.26. The summed E-state index contributed by atoms with van der Waals surface area (Å²) in [6.45, 7) is 6.88. The molecular weight excluding hydrogens is 370 g/mol. The molecular formula is C23H33NOS2. The number of thioether (sulfide) groups is 1. The molecule has 148 valence electrons. The van der Waals surface area contributed by atoms with Gasteiger partial charge in [0, 0.05) is 10.8 Å². The van der Waals surface area contributed by atoms with Crippen molar-refractivity contribution in [2.75, 3.05) is 6.26 Å². The van der Waals surface area contributed by atoms with Crippen LogP contribution in [0, 0.1) is 23.2 Å². The summed E-state index contributed by atoms with van der Waals surface area (Å²) in [7, 11) is 0. The maximum Gasteiger partial charge on any atom is 0.262 e. The molecule has 27 heavy (non-hydrogen) atoms. The van der Waals surface area contributed by atoms with Crippen LogP contribution >= 0.6 is 24.0 Å². The molecule has 4 bridgehead atoms. The zero-order valence-corrected chi connectivity index (χ0v) is 18.7. The maximum absolute atomic E-state index is 6.02. The predicted octanol–water partition coefficient (Wildman–Crippen LogP) is 6.36. The second-order valence-electron chi connectivity index (χ2n) is 10.3. The minimum atomic E-state index is 0.210. The van der Waals surface area contributed by atoms with Crippen LogP contribution < -0.4 is 10.1 Å². The molecule has 0 saturated heterocycles. The first-order valence-corrected chi connectivity index (χ1v) is 12.1. The Hall–Kier alpha value is -0.740. The first-order valence-electron chi connectivity index (χ1n) is 10.4. The van der Waals surface area contributed by atoms with Gasteiger partial charge in [-0.15, -0.1) is 0 Å². The van der Waals surface area contributed by atoms with Crippen LogP contribution in [0.4, 0.5) is 0 Å². The van der Waals surface area contributed by atoms with Gasteiger partial charge < -0.3 is 10.1 Å². The van der Waals surface area contributed by atoms with Crippen molar-refractivity contribution in [3.63, 3.8) is 0 Å². The molecule has 4 saturated carbocycles. The van der Waals surface area contributed by atoms with Gasteiger partial charge in [-0.05, 0) is 97.9 Å². The van der Waals surface area contributed by atoms with Crippen LogP contribution in [0.25, 0.3) is 0 Å². The summed E-state index contributed by atoms with van der Waals surface area (Å²) in [6, 6.07) is 8.51. The molecule has 1 N–H and O–H groups in total. The minimum absolute atomic E-state index is 0.210. The molecule has 2 nitrogen and oxygen atoms in total. The van der Waals surface area contributed by atoms with E-state index in [2.05, 4.69) is 56.6 Å². The molecule has 1 atom stereocenters. The number of hydrogen-bond acceptors (Lipinski definition) is 3. The Morgan fingerprint density at radius 3 is 2.04 bits per heavy atom. The highest BCUT2D eigenvalue weighted by Crippen LogP contribution is 2.55. The van der Waals surface area contributed by atoms with Gasteiger partial charge in [0.15, 0.2) is 0 Å². The Labute approximate surface area is 174 Å². The molecule has 1 unspecified atom stereocenters. The summed E-state index contributed by atoms with van der Waals surface area (Å²) in [5.74, 6) is 3.57. The Balaban J connectivity index is 1.39. The van der Waals surface area contributed by atoms with Crippen LogP contribution in [0.5, 0.6) is 5.75 Å². The van der Waals surface area contributed by atoms with E-state index >= 15 is 0 Å². The third-order valence-electron chi connectivity index (χ3n) is 6.82. The smallest absolute Gasteiger partial charge is 0.262 e. The molecule has 5 rings (SSSR count). The van der Waals surface area contributed by atoms with Gasteiger partial charge in [-0.1, -0.05) is 32.9 Å². The van der Waals surface area contributed by atoms with Crippen LogP contribution in [0.1, 0.15) is 70.1 Å². The summed E-state index contributed by atoms with van der Waals surface area (Å²) in [6.07, 6.45) is 10.4. The van der Waals surface area contributed by atoms with Gasteiger partial charge >= 0.3 is 0 Å². The van der Waals surface area contributed by atoms with Crippen molar-refractivity contribution in [3.05, 3.63) is 29.8 Å². The molecule has 0 aliphatic heterocycles. The van der Waals surface area contributed by atoms with Gasteiger partial charge in [0.1, 0.15) is 5.75 Å². The average Bonchev–Trinajstić information content (AvgIpc) is 2.54. The maximum atomic E-state index is 6.02. The van der Waals surface area contributed by atoms with Crippen molar-refractivity contribution in [2.45, 2.75) is 70.1 Å². The molecule has 0 radical (unpaired) electrons. The Bertz CT molecular complexity index is 656. The van der Waals surface area contributed by atoms with Crippen molar-refractivity contribution >= 4 is 29.2 Å². The Morgan fingerprint density at radius 2 is 1.59 bits per heavy atom. The standard InChI is InChI=1S/C23H33NOS2/c1-22(2,3)20(27-4)18-5-7-19(8-6-18)25-21(26)24-23-12-15-9-16(13-23)11-17(10-15)14-23/h5-8,15-17,20H,9-14H2,1-4H3,(H,24,26). The summed E-state index contributed by atoms with van der Waals surface area (Å²) < 4.78 is 6.02. The highest BCUT2D eigenvalue weighted by atomic mass is 32.2. The fourth-order valence-electron chi connectivity index (χ4n) is 6.31. The molecule has 1 aromatic carbocycles. The highest BCUT2D eigenvalue weighted by Gasteiger charge is 2.51. The average molecular weight is 404 g/mol. The number of rotatable bonds is 4. The lowest BCUT2D eigenvalue weighted by molar-refractivity contribution is -0.0114. The predicted molar refractivity (Wildman–Crippen MR) is 119 cm³/mol. The molecule has 4 fully saturated rings. The number of benzene rings is 1. The molecule has 0 spiro atoms. The van der Waals surface area contributed by atoms with E-state index in [4.69, 9.17) is 17.0 Å². The van der Waals surface area contributed by atoms with Crippen molar-refractivity contribution in [1.82, 2.24) is 5.32 Å². The van der Waals surface area contributed by atoms with E-state index in [1.54, 1.807) is 0 Å². The van der Waals surface area contributed by atoms with Gasteiger partial charge in [-0.3, -0.25) is 0 Å². The zero-order valence-electron chi connectivity index (χ0n) is 17.1. The van der Waals surface area contributed by atoms with E-state index in [1.807, 2.05) is 11.8 Å². The second-order valence-corrected chi connectivity index (χ2v) is 11.6. The first-order chi connectivity index (χ1) is 12.8. The van der Waals surface area contributed by atoms with Gasteiger partial charge in [-0.2, -0.15) is 11.8 Å². The van der Waals surface area contributed by atoms with E-state index in [9.17, 15) is 0 Å². The number of hydrogen-bond donors (Lipinski definition) is 1. The van der Waals surface area contributed by atoms with Crippen LogP contribution in [-0.2, 0) is 0 Å². The van der Waals surface area contributed by atoms with E-state index in [1.165, 1.54) is 44.1 Å². The third kappa shape index (κ3) is 4.17. The van der Waals surface area contributed by atoms with Crippen LogP contribution in [0.2, 0.25) is 0 Å². The van der Waals surface area contributed by atoms with Crippen LogP contribution in [0.3, 0.4) is 0 Å². The van der Waals surface area contributed by atoms with Crippen molar-refractivity contribution < 1.29 is 4.74 Å². The van der Waals surface area contributed by atoms with Gasteiger partial charge in [0.2, 0.25) is 0 Å². The van der Waals surface area contributed by atoms with Gasteiger partial charge in [0.25, 0.3) is 5.17 Å². The lowest BCUT2D eigenvalue weighted by Gasteiger charge is -2.57. The molecule has 4 aliphatic carbocycles. The van der Waals surface area contributed by atoms with Crippen LogP contribution in [0.15, 0.2) is 24.3 Å². The topological polar surface area (TPSA) is 21.3 Å². The van der Waals surface area contributed by atoms with Crippen molar-refractivity contribution in [3.8, 4) is 5.75 Å². The molecule has 0 amide bonds. The first kappa shape index (κ1) is 19.6. The normalized spacial score (nSPS) is 33.0. The summed E-state index contributed by atoms with van der Waals surface area (Å²) in [4.78, 5) is 0. The summed E-state index contributed by atoms with van der Waals surface area (Å²) in [5.41, 5.74) is 1.79. The fourth-order valence-corrected chi connectivity index (χ4v) is 7.76. The molecule has 4 aliphatic rings. The van der Waals surface area contributed by atoms with E-state index < -0.39 is 0 Å². The lowest BCUT2D eigenvalue weighted by atomic mass is 9.53. The van der Waals surface area contributed by atoms with E-state index in [0.29, 0.717) is 10.4 Å². The lowest BCUT2D eigenvalue weighted by Crippen LogP contribution is -2.60. The summed E-state index contributed by atoms with van der Waals surface area (Å²) in [5, 5.41) is 4.68. The Morgan fingerprint density at radius 1 is 1.07 bits per heavy atom. The van der Waals surface area contributed by atoms with Crippen LogP contribution in [-0.4, -0.2) is 17.0 Å². The zero-order chi connectivity index (χ0) is 19.2. The minimum Gasteiger partial charge on any atom is -0.432 e. The fraction of sp³-hybridized carbons (Fsp3) is 0.696. The SMILES string of the molecule is CSC(c1ccc(OC(=S)NC23CC4CC(CC(C4)C2)C3)cc1)C(C)(C)C. The van der Waals surface area contributed by atoms with Gasteiger partial charge in [0.05, 0.1) is 0 Å². The van der Waals surface area contributed by atoms with E-state index in [0.717, 1.165) is 23.5 Å². The van der Waals surface area contributed by atoms with Gasteiger partial charge in [-0.25, -0.2) is 0 Å². The number of thiocarbonyl (C=S) groups is 1. The largest absolute Gasteiger partial charge is 0.432 e. The molecule has 0 heterocycles. The number of ether oxygens (including phenoxy) is 1. The van der Waals surface area contributed by atoms with Crippen molar-refractivity contribution in [1.29, 1.82) is 0 Å². The molecule has 0 aromatic heterocycles. The highest BCUT2D eigenvalue weighted by molar-refractivity contribution is 7.98. The molecule has 4 heteroatoms. The van der Waals surface area contributed by atoms with Crippen molar-refractivity contribution in [2.24, 2.45) is 23.2 Å². The third-order valence-corrected chi connectivity index (χ3v) is 8.46. The number of nitrogens with one attached hydrogen (secondary N) is 1. The molecule has 1 aromatic rings. The van der Waals surface area contributed by atoms with E-state index in [-0.39, 0.29) is 11.0 Å². The quantitative estimate of drug-likeness (QED) is 0.590. The second kappa shape index (κ2) is 7.26. The summed E-state index contributed by atoms with van der Waals surface area (Å²) >= 11 is 7.51.